The SMILES string of the molecule is Cc1cccc(C)c1NC(=O)Cn1nnc(S(=O)(=O)c2ccccc2)c1N. The first-order chi connectivity index (χ1) is 12.8. The molecule has 3 N–H and O–H groups in total. The maximum atomic E-state index is 12.6. The van der Waals surface area contributed by atoms with Gasteiger partial charge < -0.3 is 11.1 Å². The number of nitrogens with one attached hydrogen (secondary N) is 1. The molecule has 1 aromatic heterocycles. The second-order valence-electron chi connectivity index (χ2n) is 6.07. The van der Waals surface area contributed by atoms with Crippen LogP contribution in [0.15, 0.2) is 58.5 Å². The van der Waals surface area contributed by atoms with Gasteiger partial charge in [0.1, 0.15) is 6.54 Å². The van der Waals surface area contributed by atoms with Crippen LogP contribution in [0.1, 0.15) is 11.1 Å². The van der Waals surface area contributed by atoms with Crippen LogP contribution in [0.3, 0.4) is 0 Å². The Morgan fingerprint density at radius 1 is 1.07 bits per heavy atom. The fraction of sp³-hybridized carbons (Fsp3) is 0.167. The molecular weight excluding hydrogens is 366 g/mol. The summed E-state index contributed by atoms with van der Waals surface area (Å²) in [5.41, 5.74) is 8.45. The van der Waals surface area contributed by atoms with E-state index in [9.17, 15) is 13.2 Å². The van der Waals surface area contributed by atoms with Crippen molar-refractivity contribution in [1.29, 1.82) is 0 Å². The minimum absolute atomic E-state index is 0.0590. The lowest BCUT2D eigenvalue weighted by atomic mass is 10.1. The van der Waals surface area contributed by atoms with E-state index in [-0.39, 0.29) is 28.2 Å². The van der Waals surface area contributed by atoms with Crippen LogP contribution in [0, 0.1) is 13.8 Å². The van der Waals surface area contributed by atoms with Crippen LogP contribution in [0.2, 0.25) is 0 Å². The molecule has 3 aromatic rings. The maximum Gasteiger partial charge on any atom is 0.246 e. The number of nitrogen functional groups attached to an aromatic ring is 1. The number of rotatable bonds is 5. The highest BCUT2D eigenvalue weighted by atomic mass is 32.2. The monoisotopic (exact) mass is 385 g/mol. The molecule has 0 aliphatic rings. The number of nitrogens with two attached hydrogens (primary N) is 1. The number of hydrogen-bond acceptors (Lipinski definition) is 6. The van der Waals surface area contributed by atoms with E-state index in [1.54, 1.807) is 18.2 Å². The van der Waals surface area contributed by atoms with Gasteiger partial charge in [-0.1, -0.05) is 41.6 Å². The molecule has 0 aliphatic heterocycles. The second kappa shape index (κ2) is 7.20. The molecule has 1 amide bonds. The number of aromatic nitrogens is 3. The summed E-state index contributed by atoms with van der Waals surface area (Å²) in [6.07, 6.45) is 0. The molecule has 27 heavy (non-hydrogen) atoms. The Bertz CT molecular complexity index is 1070. The number of nitrogens with zero attached hydrogens (tertiary/aromatic N) is 3. The van der Waals surface area contributed by atoms with Crippen molar-refractivity contribution in [2.24, 2.45) is 0 Å². The summed E-state index contributed by atoms with van der Waals surface area (Å²) in [6.45, 7) is 3.52. The number of benzene rings is 2. The first-order valence-corrected chi connectivity index (χ1v) is 9.64. The summed E-state index contributed by atoms with van der Waals surface area (Å²) in [4.78, 5) is 12.4. The molecule has 3 rings (SSSR count). The molecule has 140 valence electrons. The minimum atomic E-state index is -3.91. The highest BCUT2D eigenvalue weighted by molar-refractivity contribution is 7.91. The number of hydrogen-bond donors (Lipinski definition) is 2. The molecule has 0 radical (unpaired) electrons. The van der Waals surface area contributed by atoms with Gasteiger partial charge in [-0.3, -0.25) is 4.79 Å². The van der Waals surface area contributed by atoms with Gasteiger partial charge in [-0.2, -0.15) is 0 Å². The number of anilines is 2. The average Bonchev–Trinajstić information content (AvgIpc) is 3.00. The molecule has 0 aliphatic carbocycles. The van der Waals surface area contributed by atoms with Crippen molar-refractivity contribution in [2.75, 3.05) is 11.1 Å². The van der Waals surface area contributed by atoms with Crippen LogP contribution < -0.4 is 11.1 Å². The molecule has 0 fully saturated rings. The lowest BCUT2D eigenvalue weighted by molar-refractivity contribution is -0.116. The molecule has 1 heterocycles. The summed E-state index contributed by atoms with van der Waals surface area (Å²) >= 11 is 0. The largest absolute Gasteiger partial charge is 0.381 e. The predicted octanol–water partition coefficient (Wildman–Crippen LogP) is 1.95. The zero-order chi connectivity index (χ0) is 19.6. The van der Waals surface area contributed by atoms with Crippen LogP contribution in [-0.4, -0.2) is 29.3 Å². The van der Waals surface area contributed by atoms with E-state index in [0.717, 1.165) is 15.8 Å². The van der Waals surface area contributed by atoms with Crippen molar-refractivity contribution in [3.63, 3.8) is 0 Å². The van der Waals surface area contributed by atoms with Gasteiger partial charge in [0.05, 0.1) is 4.90 Å². The topological polar surface area (TPSA) is 120 Å². The first kappa shape index (κ1) is 18.6. The van der Waals surface area contributed by atoms with Gasteiger partial charge >= 0.3 is 0 Å². The Balaban J connectivity index is 1.83. The number of carbonyl (C=O) groups is 1. The van der Waals surface area contributed by atoms with E-state index in [4.69, 9.17) is 5.73 Å². The molecule has 0 bridgehead atoms. The molecule has 0 saturated heterocycles. The van der Waals surface area contributed by atoms with E-state index >= 15 is 0 Å². The highest BCUT2D eigenvalue weighted by Gasteiger charge is 2.26. The molecule has 0 atom stereocenters. The Morgan fingerprint density at radius 3 is 2.33 bits per heavy atom. The van der Waals surface area contributed by atoms with Gasteiger partial charge in [-0.05, 0) is 37.1 Å². The Labute approximate surface area is 156 Å². The molecule has 0 saturated carbocycles. The molecule has 2 aromatic carbocycles. The lowest BCUT2D eigenvalue weighted by Gasteiger charge is -2.11. The van der Waals surface area contributed by atoms with Crippen LogP contribution in [0.5, 0.6) is 0 Å². The van der Waals surface area contributed by atoms with E-state index in [0.29, 0.717) is 5.69 Å². The van der Waals surface area contributed by atoms with Crippen LogP contribution in [0.25, 0.3) is 0 Å². The van der Waals surface area contributed by atoms with Crippen molar-refractivity contribution >= 4 is 27.2 Å². The van der Waals surface area contributed by atoms with Gasteiger partial charge in [0, 0.05) is 5.69 Å². The third-order valence-corrected chi connectivity index (χ3v) is 5.78. The summed E-state index contributed by atoms with van der Waals surface area (Å²) in [5.74, 6) is -0.567. The molecular formula is C18H19N5O3S. The summed E-state index contributed by atoms with van der Waals surface area (Å²) in [6, 6.07) is 13.5. The zero-order valence-corrected chi connectivity index (χ0v) is 15.7. The van der Waals surface area contributed by atoms with Gasteiger partial charge in [0.2, 0.25) is 20.8 Å². The number of amides is 1. The van der Waals surface area contributed by atoms with E-state index in [1.807, 2.05) is 32.0 Å². The van der Waals surface area contributed by atoms with Crippen molar-refractivity contribution in [3.8, 4) is 0 Å². The van der Waals surface area contributed by atoms with Crippen molar-refractivity contribution in [3.05, 3.63) is 59.7 Å². The van der Waals surface area contributed by atoms with E-state index < -0.39 is 9.84 Å². The number of sulfone groups is 1. The van der Waals surface area contributed by atoms with Gasteiger partial charge in [-0.15, -0.1) is 5.10 Å². The van der Waals surface area contributed by atoms with Crippen molar-refractivity contribution in [1.82, 2.24) is 15.0 Å². The van der Waals surface area contributed by atoms with Gasteiger partial charge in [-0.25, -0.2) is 13.1 Å². The number of para-hydroxylation sites is 1. The summed E-state index contributed by atoms with van der Waals surface area (Å²) < 4.78 is 26.3. The van der Waals surface area contributed by atoms with Crippen molar-refractivity contribution < 1.29 is 13.2 Å². The summed E-state index contributed by atoms with van der Waals surface area (Å²) in [7, 11) is -3.91. The fourth-order valence-corrected chi connectivity index (χ4v) is 3.91. The number of carbonyl (C=O) groups excluding carboxylic acids is 1. The quantitative estimate of drug-likeness (QED) is 0.693. The van der Waals surface area contributed by atoms with E-state index in [1.165, 1.54) is 12.1 Å². The van der Waals surface area contributed by atoms with Gasteiger partial charge in [0.15, 0.2) is 5.82 Å². The third-order valence-electron chi connectivity index (χ3n) is 4.09. The fourth-order valence-electron chi connectivity index (χ4n) is 2.65. The second-order valence-corrected chi connectivity index (χ2v) is 7.93. The van der Waals surface area contributed by atoms with Crippen molar-refractivity contribution in [2.45, 2.75) is 30.3 Å². The molecule has 8 nitrogen and oxygen atoms in total. The predicted molar refractivity (Wildman–Crippen MR) is 101 cm³/mol. The maximum absolute atomic E-state index is 12.6. The Hall–Kier alpha value is -3.20. The van der Waals surface area contributed by atoms with Crippen LogP contribution in [-0.2, 0) is 21.2 Å². The normalized spacial score (nSPS) is 11.3. The lowest BCUT2D eigenvalue weighted by Crippen LogP contribution is -2.21. The third kappa shape index (κ3) is 3.68. The van der Waals surface area contributed by atoms with Crippen LogP contribution >= 0.6 is 0 Å². The standard InChI is InChI=1S/C18H19N5O3S/c1-12-7-6-8-13(2)16(12)20-15(24)11-23-17(19)18(21-22-23)27(25,26)14-9-4-3-5-10-14/h3-10H,11,19H2,1-2H3,(H,20,24). The van der Waals surface area contributed by atoms with Gasteiger partial charge in [0.25, 0.3) is 0 Å². The Kier molecular flexibility index (Phi) is 4.95. The van der Waals surface area contributed by atoms with E-state index in [2.05, 4.69) is 15.6 Å². The van der Waals surface area contributed by atoms with Crippen LogP contribution in [0.4, 0.5) is 11.5 Å². The first-order valence-electron chi connectivity index (χ1n) is 8.16. The summed E-state index contributed by atoms with van der Waals surface area (Å²) in [5, 5.41) is 9.85. The minimum Gasteiger partial charge on any atom is -0.381 e. The smallest absolute Gasteiger partial charge is 0.246 e. The highest BCUT2D eigenvalue weighted by Crippen LogP contribution is 2.24. The molecule has 9 heteroatoms. The average molecular weight is 385 g/mol. The number of aryl methyl sites for hydroxylation is 2. The molecule has 0 unspecified atom stereocenters. The molecule has 0 spiro atoms. The zero-order valence-electron chi connectivity index (χ0n) is 14.9. The Morgan fingerprint density at radius 2 is 1.70 bits per heavy atom.